The third-order valence-electron chi connectivity index (χ3n) is 4.17. The number of aryl methyl sites for hydroxylation is 1. The van der Waals surface area contributed by atoms with Gasteiger partial charge in [0.05, 0.1) is 18.0 Å². The molecule has 6 nitrogen and oxygen atoms in total. The summed E-state index contributed by atoms with van der Waals surface area (Å²) in [5.41, 5.74) is 1.14. The predicted molar refractivity (Wildman–Crippen MR) is 67.6 cm³/mol. The van der Waals surface area contributed by atoms with Crippen molar-refractivity contribution in [1.29, 1.82) is 0 Å². The number of nitrogens with zero attached hydrogens (tertiary/aromatic N) is 2. The van der Waals surface area contributed by atoms with Gasteiger partial charge < -0.3 is 9.67 Å². The van der Waals surface area contributed by atoms with Gasteiger partial charge in [-0.2, -0.15) is 0 Å². The third-order valence-corrected chi connectivity index (χ3v) is 4.17. The first-order valence-corrected chi connectivity index (χ1v) is 6.75. The zero-order chi connectivity index (χ0) is 13.4. The van der Waals surface area contributed by atoms with Crippen LogP contribution in [0.3, 0.4) is 0 Å². The van der Waals surface area contributed by atoms with Crippen molar-refractivity contribution in [3.05, 3.63) is 11.9 Å². The first-order valence-electron chi connectivity index (χ1n) is 6.75. The van der Waals surface area contributed by atoms with E-state index in [2.05, 4.69) is 10.3 Å². The van der Waals surface area contributed by atoms with Crippen LogP contribution in [0.15, 0.2) is 6.20 Å². The standard InChI is InChI=1S/C13H17N3O3/c17-11(9-4-5-10(9)12(18)19)15-13-14-7-8-3-1-2-6-16(8)13/h7,9-10H,1-6H2,(H,18,19)(H,14,15,17)/t9-,10+/m0/s1. The number of carboxylic acid groups (broad SMARTS) is 1. The molecule has 1 aliphatic carbocycles. The Morgan fingerprint density at radius 3 is 2.79 bits per heavy atom. The van der Waals surface area contributed by atoms with E-state index in [-0.39, 0.29) is 5.91 Å². The Balaban J connectivity index is 1.70. The van der Waals surface area contributed by atoms with E-state index in [0.29, 0.717) is 18.8 Å². The summed E-state index contributed by atoms with van der Waals surface area (Å²) < 4.78 is 2.02. The Morgan fingerprint density at radius 1 is 1.32 bits per heavy atom. The highest BCUT2D eigenvalue weighted by molar-refractivity contribution is 5.95. The number of nitrogens with one attached hydrogen (secondary N) is 1. The fourth-order valence-electron chi connectivity index (χ4n) is 2.85. The lowest BCUT2D eigenvalue weighted by molar-refractivity contribution is -0.151. The van der Waals surface area contributed by atoms with Crippen LogP contribution in [0.5, 0.6) is 0 Å². The third kappa shape index (κ3) is 2.11. The molecule has 1 aromatic rings. The molecule has 1 aliphatic heterocycles. The van der Waals surface area contributed by atoms with Crippen molar-refractivity contribution in [3.8, 4) is 0 Å². The smallest absolute Gasteiger partial charge is 0.307 e. The van der Waals surface area contributed by atoms with Gasteiger partial charge in [-0.15, -0.1) is 0 Å². The average molecular weight is 263 g/mol. The minimum atomic E-state index is -0.878. The second-order valence-corrected chi connectivity index (χ2v) is 5.30. The van der Waals surface area contributed by atoms with Crippen LogP contribution in [-0.4, -0.2) is 26.5 Å². The molecule has 1 fully saturated rings. The molecule has 6 heteroatoms. The second-order valence-electron chi connectivity index (χ2n) is 5.30. The zero-order valence-corrected chi connectivity index (χ0v) is 10.6. The van der Waals surface area contributed by atoms with Crippen LogP contribution < -0.4 is 5.32 Å². The molecule has 2 heterocycles. The minimum Gasteiger partial charge on any atom is -0.481 e. The quantitative estimate of drug-likeness (QED) is 0.860. The first kappa shape index (κ1) is 12.2. The molecule has 2 atom stereocenters. The van der Waals surface area contributed by atoms with Crippen molar-refractivity contribution in [1.82, 2.24) is 9.55 Å². The van der Waals surface area contributed by atoms with Crippen molar-refractivity contribution in [2.24, 2.45) is 11.8 Å². The Hall–Kier alpha value is -1.85. The maximum Gasteiger partial charge on any atom is 0.307 e. The molecule has 2 N–H and O–H groups in total. The lowest BCUT2D eigenvalue weighted by Gasteiger charge is -2.31. The van der Waals surface area contributed by atoms with Crippen LogP contribution in [0.4, 0.5) is 5.95 Å². The lowest BCUT2D eigenvalue weighted by atomic mass is 9.73. The largest absolute Gasteiger partial charge is 0.481 e. The number of hydrogen-bond acceptors (Lipinski definition) is 3. The van der Waals surface area contributed by atoms with Gasteiger partial charge in [-0.05, 0) is 32.1 Å². The molecule has 1 aromatic heterocycles. The number of hydrogen-bond donors (Lipinski definition) is 2. The van der Waals surface area contributed by atoms with Crippen molar-refractivity contribution in [2.45, 2.75) is 38.6 Å². The van der Waals surface area contributed by atoms with Gasteiger partial charge in [0.15, 0.2) is 0 Å². The van der Waals surface area contributed by atoms with Gasteiger partial charge in [0.25, 0.3) is 0 Å². The number of carbonyl (C=O) groups is 2. The van der Waals surface area contributed by atoms with E-state index in [9.17, 15) is 9.59 Å². The highest BCUT2D eigenvalue weighted by atomic mass is 16.4. The van der Waals surface area contributed by atoms with E-state index in [4.69, 9.17) is 5.11 Å². The molecule has 102 valence electrons. The second kappa shape index (κ2) is 4.68. The number of aliphatic carboxylic acids is 1. The van der Waals surface area contributed by atoms with Crippen LogP contribution in [-0.2, 0) is 22.6 Å². The zero-order valence-electron chi connectivity index (χ0n) is 10.6. The van der Waals surface area contributed by atoms with E-state index in [0.717, 1.165) is 31.5 Å². The number of carboxylic acids is 1. The van der Waals surface area contributed by atoms with E-state index in [1.165, 1.54) is 0 Å². The van der Waals surface area contributed by atoms with Crippen LogP contribution in [0.25, 0.3) is 0 Å². The van der Waals surface area contributed by atoms with E-state index in [1.807, 2.05) is 4.57 Å². The normalized spacial score (nSPS) is 25.3. The van der Waals surface area contributed by atoms with Crippen LogP contribution in [0.2, 0.25) is 0 Å². The lowest BCUT2D eigenvalue weighted by Crippen LogP contribution is -2.41. The van der Waals surface area contributed by atoms with E-state index >= 15 is 0 Å². The molecule has 1 amide bonds. The van der Waals surface area contributed by atoms with Crippen molar-refractivity contribution in [2.75, 3.05) is 5.32 Å². The number of carbonyl (C=O) groups excluding carboxylic acids is 1. The van der Waals surface area contributed by atoms with Gasteiger partial charge in [-0.3, -0.25) is 14.9 Å². The molecule has 0 aromatic carbocycles. The Labute approximate surface area is 110 Å². The summed E-state index contributed by atoms with van der Waals surface area (Å²) in [6.07, 6.45) is 6.27. The van der Waals surface area contributed by atoms with E-state index < -0.39 is 17.8 Å². The Morgan fingerprint density at radius 2 is 2.11 bits per heavy atom. The summed E-state index contributed by atoms with van der Waals surface area (Å²) in [6.45, 7) is 0.873. The number of anilines is 1. The summed E-state index contributed by atoms with van der Waals surface area (Å²) in [4.78, 5) is 27.2. The SMILES string of the molecule is O=C(Nc1ncc2n1CCCC2)[C@H]1CC[C@H]1C(=O)O. The first-order chi connectivity index (χ1) is 9.16. The molecule has 0 radical (unpaired) electrons. The van der Waals surface area contributed by atoms with Gasteiger partial charge in [-0.25, -0.2) is 4.98 Å². The summed E-state index contributed by atoms with van der Waals surface area (Å²) in [7, 11) is 0. The molecular formula is C13H17N3O3. The Kier molecular flexibility index (Phi) is 3.00. The molecule has 19 heavy (non-hydrogen) atoms. The molecule has 0 spiro atoms. The minimum absolute atomic E-state index is 0.211. The number of rotatable bonds is 3. The maximum absolute atomic E-state index is 12.1. The summed E-state index contributed by atoms with van der Waals surface area (Å²) in [5.74, 6) is -1.46. The number of amides is 1. The summed E-state index contributed by atoms with van der Waals surface area (Å²) in [6, 6.07) is 0. The number of fused-ring (bicyclic) bond motifs is 1. The molecule has 2 aliphatic rings. The molecule has 0 unspecified atom stereocenters. The van der Waals surface area contributed by atoms with Gasteiger partial charge in [0, 0.05) is 12.2 Å². The Bertz CT molecular complexity index is 523. The molecule has 1 saturated carbocycles. The fourth-order valence-corrected chi connectivity index (χ4v) is 2.85. The monoisotopic (exact) mass is 263 g/mol. The molecule has 0 bridgehead atoms. The number of aromatic nitrogens is 2. The van der Waals surface area contributed by atoms with Gasteiger partial charge in [0.2, 0.25) is 11.9 Å². The van der Waals surface area contributed by atoms with Crippen molar-refractivity contribution >= 4 is 17.8 Å². The van der Waals surface area contributed by atoms with Crippen LogP contribution in [0, 0.1) is 11.8 Å². The number of imidazole rings is 1. The van der Waals surface area contributed by atoms with E-state index in [1.54, 1.807) is 6.20 Å². The van der Waals surface area contributed by atoms with Crippen LogP contribution in [0.1, 0.15) is 31.4 Å². The highest BCUT2D eigenvalue weighted by Gasteiger charge is 2.41. The predicted octanol–water partition coefficient (Wildman–Crippen LogP) is 1.27. The molecule has 3 rings (SSSR count). The van der Waals surface area contributed by atoms with Gasteiger partial charge in [0.1, 0.15) is 0 Å². The topological polar surface area (TPSA) is 84.2 Å². The van der Waals surface area contributed by atoms with Crippen LogP contribution >= 0.6 is 0 Å². The van der Waals surface area contributed by atoms with Gasteiger partial charge in [-0.1, -0.05) is 0 Å². The maximum atomic E-state index is 12.1. The van der Waals surface area contributed by atoms with Gasteiger partial charge >= 0.3 is 5.97 Å². The van der Waals surface area contributed by atoms with Crippen molar-refractivity contribution < 1.29 is 14.7 Å². The molecule has 0 saturated heterocycles. The molecular weight excluding hydrogens is 246 g/mol. The van der Waals surface area contributed by atoms with Crippen molar-refractivity contribution in [3.63, 3.8) is 0 Å². The fraction of sp³-hybridized carbons (Fsp3) is 0.615. The summed E-state index contributed by atoms with van der Waals surface area (Å²) >= 11 is 0. The average Bonchev–Trinajstić information content (AvgIpc) is 2.70. The highest BCUT2D eigenvalue weighted by Crippen LogP contribution is 2.35. The summed E-state index contributed by atoms with van der Waals surface area (Å²) in [5, 5.41) is 11.8.